The highest BCUT2D eigenvalue weighted by molar-refractivity contribution is 6.22. The lowest BCUT2D eigenvalue weighted by molar-refractivity contribution is 0.0153. The molecule has 0 bridgehead atoms. The van der Waals surface area contributed by atoms with E-state index in [0.29, 0.717) is 13.1 Å². The Bertz CT molecular complexity index is 345. The SMILES string of the molecule is Cc1cccc(N2CCN(F)CC2Cl)c1. The third kappa shape index (κ3) is 2.41. The maximum Gasteiger partial charge on any atom is 0.119 e. The zero-order valence-corrected chi connectivity index (χ0v) is 9.41. The van der Waals surface area contributed by atoms with Crippen LogP contribution in [0.3, 0.4) is 0 Å². The minimum absolute atomic E-state index is 0.259. The monoisotopic (exact) mass is 228 g/mol. The van der Waals surface area contributed by atoms with Crippen LogP contribution in [0.5, 0.6) is 0 Å². The third-order valence-corrected chi connectivity index (χ3v) is 2.98. The van der Waals surface area contributed by atoms with Crippen molar-refractivity contribution in [1.29, 1.82) is 0 Å². The molecule has 1 atom stereocenters. The van der Waals surface area contributed by atoms with Gasteiger partial charge in [-0.05, 0) is 24.6 Å². The fourth-order valence-electron chi connectivity index (χ4n) is 1.81. The number of rotatable bonds is 1. The standard InChI is InChI=1S/C11H14ClFN2/c1-9-3-2-4-10(7-9)15-6-5-14(13)8-11(15)12/h2-4,7,11H,5-6,8H2,1H3. The number of piperazine rings is 1. The van der Waals surface area contributed by atoms with Crippen molar-refractivity contribution in [1.82, 2.24) is 5.12 Å². The largest absolute Gasteiger partial charge is 0.353 e. The summed E-state index contributed by atoms with van der Waals surface area (Å²) >= 11 is 6.11. The Morgan fingerprint density at radius 3 is 2.87 bits per heavy atom. The molecular weight excluding hydrogens is 215 g/mol. The van der Waals surface area contributed by atoms with Crippen LogP contribution in [0.2, 0.25) is 0 Å². The first-order valence-corrected chi connectivity index (χ1v) is 5.48. The fraction of sp³-hybridized carbons (Fsp3) is 0.455. The number of halogens is 2. The van der Waals surface area contributed by atoms with Crippen molar-refractivity contribution in [2.45, 2.75) is 12.4 Å². The van der Waals surface area contributed by atoms with Crippen LogP contribution >= 0.6 is 11.6 Å². The molecule has 2 nitrogen and oxygen atoms in total. The van der Waals surface area contributed by atoms with Crippen LogP contribution in [0.25, 0.3) is 0 Å². The second kappa shape index (κ2) is 4.37. The lowest BCUT2D eigenvalue weighted by Crippen LogP contribution is -2.48. The number of aryl methyl sites for hydroxylation is 1. The number of benzene rings is 1. The molecule has 1 aliphatic rings. The molecular formula is C11H14ClFN2. The Kier molecular flexibility index (Phi) is 3.12. The van der Waals surface area contributed by atoms with Crippen molar-refractivity contribution in [2.75, 3.05) is 24.5 Å². The van der Waals surface area contributed by atoms with E-state index >= 15 is 0 Å². The number of alkyl halides is 1. The quantitative estimate of drug-likeness (QED) is 0.414. The van der Waals surface area contributed by atoms with Gasteiger partial charge in [0.1, 0.15) is 5.50 Å². The molecule has 4 heteroatoms. The molecule has 82 valence electrons. The van der Waals surface area contributed by atoms with Gasteiger partial charge in [0.25, 0.3) is 0 Å². The van der Waals surface area contributed by atoms with Crippen LogP contribution in [0.4, 0.5) is 10.2 Å². The van der Waals surface area contributed by atoms with Gasteiger partial charge >= 0.3 is 0 Å². The van der Waals surface area contributed by atoms with E-state index in [1.165, 1.54) is 5.56 Å². The molecule has 1 unspecified atom stereocenters. The number of nitrogens with zero attached hydrogens (tertiary/aromatic N) is 2. The Balaban J connectivity index is 2.17. The fourth-order valence-corrected chi connectivity index (χ4v) is 2.17. The molecule has 1 aromatic rings. The number of hydrogen-bond donors (Lipinski definition) is 0. The van der Waals surface area contributed by atoms with Crippen molar-refractivity contribution < 1.29 is 4.48 Å². The van der Waals surface area contributed by atoms with Crippen molar-refractivity contribution >= 4 is 17.3 Å². The Morgan fingerprint density at radius 2 is 2.20 bits per heavy atom. The maximum atomic E-state index is 12.9. The van der Waals surface area contributed by atoms with Gasteiger partial charge < -0.3 is 4.90 Å². The molecule has 1 fully saturated rings. The van der Waals surface area contributed by atoms with E-state index < -0.39 is 0 Å². The summed E-state index contributed by atoms with van der Waals surface area (Å²) < 4.78 is 12.9. The van der Waals surface area contributed by atoms with Gasteiger partial charge in [-0.25, -0.2) is 0 Å². The van der Waals surface area contributed by atoms with Crippen molar-refractivity contribution in [2.24, 2.45) is 0 Å². The van der Waals surface area contributed by atoms with E-state index in [1.54, 1.807) is 0 Å². The predicted octanol–water partition coefficient (Wildman–Crippen LogP) is 2.57. The van der Waals surface area contributed by atoms with Gasteiger partial charge in [-0.1, -0.05) is 23.7 Å². The summed E-state index contributed by atoms with van der Waals surface area (Å²) in [7, 11) is 0. The van der Waals surface area contributed by atoms with Crippen LogP contribution in [-0.4, -0.2) is 30.3 Å². The lowest BCUT2D eigenvalue weighted by atomic mass is 10.2. The van der Waals surface area contributed by atoms with Crippen LogP contribution in [0.1, 0.15) is 5.56 Å². The topological polar surface area (TPSA) is 6.48 Å². The smallest absolute Gasteiger partial charge is 0.119 e. The average molecular weight is 229 g/mol. The average Bonchev–Trinajstić information content (AvgIpc) is 2.17. The Morgan fingerprint density at radius 1 is 1.40 bits per heavy atom. The van der Waals surface area contributed by atoms with Crippen molar-refractivity contribution in [3.05, 3.63) is 29.8 Å². The summed E-state index contributed by atoms with van der Waals surface area (Å²) in [6.45, 7) is 3.35. The summed E-state index contributed by atoms with van der Waals surface area (Å²) in [4.78, 5) is 2.03. The van der Waals surface area contributed by atoms with Gasteiger partial charge in [-0.15, -0.1) is 9.60 Å². The van der Waals surface area contributed by atoms with Crippen LogP contribution in [0.15, 0.2) is 24.3 Å². The maximum absolute atomic E-state index is 12.9. The first-order chi connectivity index (χ1) is 7.16. The van der Waals surface area contributed by atoms with Crippen LogP contribution in [-0.2, 0) is 0 Å². The minimum Gasteiger partial charge on any atom is -0.353 e. The van der Waals surface area contributed by atoms with Crippen LogP contribution in [0, 0.1) is 6.92 Å². The van der Waals surface area contributed by atoms with E-state index in [4.69, 9.17) is 11.6 Å². The van der Waals surface area contributed by atoms with Gasteiger partial charge in [0.05, 0.1) is 6.54 Å². The molecule has 2 rings (SSSR count). The second-order valence-electron chi connectivity index (χ2n) is 3.84. The Hall–Kier alpha value is -0.800. The van der Waals surface area contributed by atoms with Crippen molar-refractivity contribution in [3.8, 4) is 0 Å². The molecule has 0 aliphatic carbocycles. The molecule has 0 saturated carbocycles. The molecule has 1 heterocycles. The van der Waals surface area contributed by atoms with E-state index in [9.17, 15) is 4.48 Å². The minimum atomic E-state index is -0.287. The second-order valence-corrected chi connectivity index (χ2v) is 4.34. The summed E-state index contributed by atoms with van der Waals surface area (Å²) in [6, 6.07) is 8.12. The third-order valence-electron chi connectivity index (χ3n) is 2.60. The van der Waals surface area contributed by atoms with E-state index in [1.807, 2.05) is 30.0 Å². The predicted molar refractivity (Wildman–Crippen MR) is 60.8 cm³/mol. The molecule has 0 amide bonds. The molecule has 0 N–H and O–H groups in total. The zero-order chi connectivity index (χ0) is 10.8. The van der Waals surface area contributed by atoms with Crippen molar-refractivity contribution in [3.63, 3.8) is 0 Å². The van der Waals surface area contributed by atoms with E-state index in [2.05, 4.69) is 6.07 Å². The first kappa shape index (κ1) is 10.7. The molecule has 0 aromatic heterocycles. The number of hydrogen-bond acceptors (Lipinski definition) is 2. The highest BCUT2D eigenvalue weighted by Crippen LogP contribution is 2.23. The zero-order valence-electron chi connectivity index (χ0n) is 8.66. The van der Waals surface area contributed by atoms with Crippen LogP contribution < -0.4 is 4.90 Å². The molecule has 0 spiro atoms. The van der Waals surface area contributed by atoms with Gasteiger partial charge in [0.2, 0.25) is 0 Å². The number of anilines is 1. The van der Waals surface area contributed by atoms with E-state index in [-0.39, 0.29) is 12.0 Å². The lowest BCUT2D eigenvalue weighted by Gasteiger charge is -2.36. The molecule has 15 heavy (non-hydrogen) atoms. The van der Waals surface area contributed by atoms with Gasteiger partial charge in [0.15, 0.2) is 0 Å². The summed E-state index contributed by atoms with van der Waals surface area (Å²) in [5.41, 5.74) is 1.98. The summed E-state index contributed by atoms with van der Waals surface area (Å²) in [6.07, 6.45) is 0. The highest BCUT2D eigenvalue weighted by Gasteiger charge is 2.25. The summed E-state index contributed by atoms with van der Waals surface area (Å²) in [5.74, 6) is 0. The molecule has 0 radical (unpaired) electrons. The summed E-state index contributed by atoms with van der Waals surface area (Å²) in [5, 5.41) is 0.768. The Labute approximate surface area is 94.2 Å². The van der Waals surface area contributed by atoms with Gasteiger partial charge in [0, 0.05) is 18.8 Å². The molecule has 1 aliphatic heterocycles. The van der Waals surface area contributed by atoms with E-state index in [0.717, 1.165) is 10.8 Å². The van der Waals surface area contributed by atoms with Gasteiger partial charge in [-0.2, -0.15) is 0 Å². The normalized spacial score (nSPS) is 23.1. The van der Waals surface area contributed by atoms with Gasteiger partial charge in [-0.3, -0.25) is 0 Å². The molecule has 1 aromatic carbocycles. The first-order valence-electron chi connectivity index (χ1n) is 5.05. The highest BCUT2D eigenvalue weighted by atomic mass is 35.5. The molecule has 1 saturated heterocycles.